The van der Waals surface area contributed by atoms with Crippen molar-refractivity contribution in [3.63, 3.8) is 0 Å². The van der Waals surface area contributed by atoms with Crippen molar-refractivity contribution in [3.8, 4) is 0 Å². The molecule has 0 amide bonds. The Labute approximate surface area is 41.5 Å². The molecule has 0 aliphatic carbocycles. The van der Waals surface area contributed by atoms with Crippen molar-refractivity contribution in [2.24, 2.45) is 0 Å². The van der Waals surface area contributed by atoms with Gasteiger partial charge in [-0.05, 0) is 18.7 Å². The summed E-state index contributed by atoms with van der Waals surface area (Å²) in [6.07, 6.45) is 0. The fourth-order valence-electron chi connectivity index (χ4n) is 0.0707. The van der Waals surface area contributed by atoms with Crippen LogP contribution < -0.4 is 5.59 Å². The van der Waals surface area contributed by atoms with Gasteiger partial charge in [0, 0.05) is 6.54 Å². The molecule has 0 radical (unpaired) electrons. The van der Waals surface area contributed by atoms with Gasteiger partial charge in [0.2, 0.25) is 0 Å². The molecule has 2 N–H and O–H groups in total. The van der Waals surface area contributed by atoms with E-state index in [1.807, 2.05) is 0 Å². The van der Waals surface area contributed by atoms with Gasteiger partial charge in [0.25, 0.3) is 0 Å². The standard InChI is InChI=1S/C2H7ClN2O/c1-2-5(3)4-6/h4,6H,2H2,1H3. The van der Waals surface area contributed by atoms with Gasteiger partial charge in [-0.3, -0.25) is 0 Å². The first-order valence-electron chi connectivity index (χ1n) is 1.64. The van der Waals surface area contributed by atoms with E-state index >= 15 is 0 Å². The van der Waals surface area contributed by atoms with Crippen LogP contribution in [0, 0.1) is 0 Å². The van der Waals surface area contributed by atoms with Crippen LogP contribution in [0.1, 0.15) is 6.92 Å². The SMILES string of the molecule is CCN(Cl)NO. The van der Waals surface area contributed by atoms with Crippen LogP contribution in [0.3, 0.4) is 0 Å². The van der Waals surface area contributed by atoms with Gasteiger partial charge in [0.1, 0.15) is 0 Å². The highest BCUT2D eigenvalue weighted by atomic mass is 35.5. The highest BCUT2D eigenvalue weighted by Crippen LogP contribution is 1.80. The first-order valence-corrected chi connectivity index (χ1v) is 1.98. The summed E-state index contributed by atoms with van der Waals surface area (Å²) >= 11 is 5.12. The van der Waals surface area contributed by atoms with Gasteiger partial charge in [0.15, 0.2) is 0 Å². The van der Waals surface area contributed by atoms with Crippen LogP contribution in [0.5, 0.6) is 0 Å². The third-order valence-electron chi connectivity index (χ3n) is 0.386. The van der Waals surface area contributed by atoms with Crippen molar-refractivity contribution in [1.82, 2.24) is 10.1 Å². The second-order valence-corrected chi connectivity index (χ2v) is 1.19. The van der Waals surface area contributed by atoms with Crippen LogP contribution in [-0.4, -0.2) is 16.3 Å². The molecular formula is C2H7ClN2O. The van der Waals surface area contributed by atoms with Crippen LogP contribution in [0.15, 0.2) is 0 Å². The molecule has 0 fully saturated rings. The molecule has 0 aromatic carbocycles. The minimum absolute atomic E-state index is 0.568. The largest absolute Gasteiger partial charge is 0.301 e. The van der Waals surface area contributed by atoms with Gasteiger partial charge in [-0.25, -0.2) is 0 Å². The summed E-state index contributed by atoms with van der Waals surface area (Å²) in [5.74, 6) is 0. The number of halogens is 1. The van der Waals surface area contributed by atoms with Crippen molar-refractivity contribution in [1.29, 1.82) is 0 Å². The minimum Gasteiger partial charge on any atom is -0.301 e. The Bertz CT molecular complexity index is 30.7. The predicted molar refractivity (Wildman–Crippen MR) is 23.2 cm³/mol. The fourth-order valence-corrected chi connectivity index (χ4v) is 0.0707. The molecule has 0 aromatic rings. The van der Waals surface area contributed by atoms with Gasteiger partial charge < -0.3 is 5.21 Å². The maximum atomic E-state index is 7.88. The topological polar surface area (TPSA) is 35.5 Å². The summed E-state index contributed by atoms with van der Waals surface area (Å²) in [5, 5.41) is 7.88. The molecule has 6 heavy (non-hydrogen) atoms. The average molecular weight is 111 g/mol. The van der Waals surface area contributed by atoms with E-state index in [2.05, 4.69) is 0 Å². The highest BCUT2D eigenvalue weighted by Gasteiger charge is 1.85. The lowest BCUT2D eigenvalue weighted by Crippen LogP contribution is -2.25. The van der Waals surface area contributed by atoms with Crippen LogP contribution in [0.25, 0.3) is 0 Å². The van der Waals surface area contributed by atoms with Crippen molar-refractivity contribution in [3.05, 3.63) is 0 Å². The minimum atomic E-state index is 0.568. The third kappa shape index (κ3) is 2.41. The lowest BCUT2D eigenvalue weighted by molar-refractivity contribution is 0.0461. The predicted octanol–water partition coefficient (Wildman–Crippen LogP) is 0.356. The number of hydrogen-bond acceptors (Lipinski definition) is 3. The molecule has 0 saturated heterocycles. The quantitative estimate of drug-likeness (QED) is 0.398. The third-order valence-corrected chi connectivity index (χ3v) is 0.701. The summed E-state index contributed by atoms with van der Waals surface area (Å²) in [5.41, 5.74) is 1.71. The van der Waals surface area contributed by atoms with Crippen LogP contribution in [0.2, 0.25) is 0 Å². The smallest absolute Gasteiger partial charge is 0.0290 e. The zero-order chi connectivity index (χ0) is 4.99. The molecule has 0 spiro atoms. The molecule has 0 heterocycles. The molecule has 0 aliphatic heterocycles. The summed E-state index contributed by atoms with van der Waals surface area (Å²) in [7, 11) is 0. The Morgan fingerprint density at radius 2 is 2.50 bits per heavy atom. The molecule has 0 saturated carbocycles. The summed E-state index contributed by atoms with van der Waals surface area (Å²) in [6, 6.07) is 0. The number of rotatable bonds is 2. The normalized spacial score (nSPS) is 10.0. The molecule has 0 unspecified atom stereocenters. The van der Waals surface area contributed by atoms with E-state index in [0.29, 0.717) is 6.54 Å². The maximum Gasteiger partial charge on any atom is 0.0290 e. The fraction of sp³-hybridized carbons (Fsp3) is 1.00. The number of nitrogens with zero attached hydrogens (tertiary/aromatic N) is 1. The van der Waals surface area contributed by atoms with E-state index in [4.69, 9.17) is 17.0 Å². The van der Waals surface area contributed by atoms with E-state index in [0.717, 1.165) is 4.53 Å². The molecule has 0 aromatic heterocycles. The average Bonchev–Trinajstić information content (AvgIpc) is 1.65. The van der Waals surface area contributed by atoms with E-state index in [-0.39, 0.29) is 0 Å². The molecule has 0 bridgehead atoms. The van der Waals surface area contributed by atoms with Crippen molar-refractivity contribution in [2.75, 3.05) is 6.54 Å². The lowest BCUT2D eigenvalue weighted by Gasteiger charge is -2.03. The molecular weight excluding hydrogens is 103 g/mol. The van der Waals surface area contributed by atoms with E-state index < -0.39 is 0 Å². The van der Waals surface area contributed by atoms with E-state index in [1.54, 1.807) is 12.5 Å². The Balaban J connectivity index is 2.75. The number of hydrogen-bond donors (Lipinski definition) is 2. The molecule has 0 rings (SSSR count). The molecule has 4 heteroatoms. The summed E-state index contributed by atoms with van der Waals surface area (Å²) < 4.78 is 1.03. The van der Waals surface area contributed by atoms with Gasteiger partial charge in [-0.1, -0.05) is 0 Å². The molecule has 38 valence electrons. The highest BCUT2D eigenvalue weighted by molar-refractivity contribution is 6.12. The number of hydrazine groups is 1. The zero-order valence-electron chi connectivity index (χ0n) is 3.48. The van der Waals surface area contributed by atoms with E-state index in [9.17, 15) is 0 Å². The van der Waals surface area contributed by atoms with E-state index in [1.165, 1.54) is 0 Å². The van der Waals surface area contributed by atoms with Crippen LogP contribution in [-0.2, 0) is 0 Å². The molecule has 0 aliphatic rings. The Morgan fingerprint density at radius 3 is 2.50 bits per heavy atom. The Morgan fingerprint density at radius 1 is 2.00 bits per heavy atom. The molecule has 0 atom stereocenters. The summed E-state index contributed by atoms with van der Waals surface area (Å²) in [6.45, 7) is 2.37. The second-order valence-electron chi connectivity index (χ2n) is 0.778. The summed E-state index contributed by atoms with van der Waals surface area (Å²) in [4.78, 5) is 0. The second kappa shape index (κ2) is 3.36. The van der Waals surface area contributed by atoms with Crippen LogP contribution >= 0.6 is 11.8 Å². The maximum absolute atomic E-state index is 7.88. The first-order chi connectivity index (χ1) is 2.81. The number of nitrogens with one attached hydrogen (secondary N) is 1. The van der Waals surface area contributed by atoms with Crippen molar-refractivity contribution < 1.29 is 5.21 Å². The first kappa shape index (κ1) is 6.17. The van der Waals surface area contributed by atoms with Gasteiger partial charge in [-0.15, -0.1) is 10.1 Å². The van der Waals surface area contributed by atoms with Crippen LogP contribution in [0.4, 0.5) is 0 Å². The Kier molecular flexibility index (Phi) is 3.46. The monoisotopic (exact) mass is 110 g/mol. The van der Waals surface area contributed by atoms with Crippen molar-refractivity contribution in [2.45, 2.75) is 6.92 Å². The van der Waals surface area contributed by atoms with Crippen molar-refractivity contribution >= 4 is 11.8 Å². The van der Waals surface area contributed by atoms with Gasteiger partial charge in [0.05, 0.1) is 0 Å². The Hall–Kier alpha value is 0.170. The molecule has 3 nitrogen and oxygen atoms in total. The van der Waals surface area contributed by atoms with Gasteiger partial charge in [-0.2, -0.15) is 0 Å². The lowest BCUT2D eigenvalue weighted by atomic mass is 10.8. The van der Waals surface area contributed by atoms with Gasteiger partial charge >= 0.3 is 0 Å². The zero-order valence-corrected chi connectivity index (χ0v) is 4.24.